The number of aromatic nitrogens is 5. The van der Waals surface area contributed by atoms with Gasteiger partial charge >= 0.3 is 0 Å². The minimum atomic E-state index is -1.21. The van der Waals surface area contributed by atoms with Crippen LogP contribution in [0.25, 0.3) is 27.9 Å². The van der Waals surface area contributed by atoms with Gasteiger partial charge < -0.3 is 11.1 Å². The third-order valence-corrected chi connectivity index (χ3v) is 6.03. The van der Waals surface area contributed by atoms with Gasteiger partial charge in [0.25, 0.3) is 0 Å². The van der Waals surface area contributed by atoms with Crippen LogP contribution in [0.5, 0.6) is 0 Å². The van der Waals surface area contributed by atoms with E-state index >= 15 is 0 Å². The SMILES string of the molecule is Cn1cc(-c2cc3c(-c4ccc(NC(=O)[C@@](C)(N)c5ccc(Cl)cc5)cc4)ncnn3c2)cn1. The molecular formula is C25H22ClN7O. The van der Waals surface area contributed by atoms with Crippen LogP contribution in [0, 0.1) is 0 Å². The summed E-state index contributed by atoms with van der Waals surface area (Å²) in [6, 6.07) is 16.4. The fourth-order valence-electron chi connectivity index (χ4n) is 3.78. The van der Waals surface area contributed by atoms with E-state index in [0.29, 0.717) is 16.3 Å². The summed E-state index contributed by atoms with van der Waals surface area (Å²) in [5.41, 5.74) is 11.0. The summed E-state index contributed by atoms with van der Waals surface area (Å²) < 4.78 is 3.56. The van der Waals surface area contributed by atoms with Gasteiger partial charge in [-0.25, -0.2) is 9.50 Å². The van der Waals surface area contributed by atoms with E-state index in [1.165, 1.54) is 6.33 Å². The van der Waals surface area contributed by atoms with Crippen molar-refractivity contribution in [2.45, 2.75) is 12.5 Å². The van der Waals surface area contributed by atoms with Crippen LogP contribution in [-0.4, -0.2) is 30.3 Å². The van der Waals surface area contributed by atoms with Gasteiger partial charge in [-0.15, -0.1) is 0 Å². The van der Waals surface area contributed by atoms with Crippen LogP contribution in [-0.2, 0) is 17.4 Å². The molecule has 2 aromatic carbocycles. The first-order chi connectivity index (χ1) is 16.3. The van der Waals surface area contributed by atoms with Crippen molar-refractivity contribution in [2.75, 3.05) is 5.32 Å². The molecule has 3 N–H and O–H groups in total. The summed E-state index contributed by atoms with van der Waals surface area (Å²) in [5.74, 6) is -0.320. The Balaban J connectivity index is 1.39. The lowest BCUT2D eigenvalue weighted by Crippen LogP contribution is -2.45. The Hall–Kier alpha value is -4.01. The molecule has 0 fully saturated rings. The zero-order chi connectivity index (χ0) is 23.9. The molecule has 8 nitrogen and oxygen atoms in total. The number of nitrogens with two attached hydrogens (primary N) is 1. The maximum atomic E-state index is 12.9. The van der Waals surface area contributed by atoms with Crippen LogP contribution < -0.4 is 11.1 Å². The molecule has 9 heteroatoms. The second-order valence-corrected chi connectivity index (χ2v) is 8.75. The molecule has 0 aliphatic heterocycles. The van der Waals surface area contributed by atoms with E-state index in [4.69, 9.17) is 17.3 Å². The van der Waals surface area contributed by atoms with E-state index in [1.54, 1.807) is 40.4 Å². The number of rotatable bonds is 5. The molecular weight excluding hydrogens is 450 g/mol. The Kier molecular flexibility index (Phi) is 5.39. The van der Waals surface area contributed by atoms with Crippen LogP contribution in [0.15, 0.2) is 79.5 Å². The quantitative estimate of drug-likeness (QED) is 0.398. The Bertz CT molecular complexity index is 1480. The second-order valence-electron chi connectivity index (χ2n) is 8.31. The first-order valence-corrected chi connectivity index (χ1v) is 11.0. The minimum absolute atomic E-state index is 0.320. The number of halogens is 1. The van der Waals surface area contributed by atoms with E-state index in [-0.39, 0.29) is 5.91 Å². The van der Waals surface area contributed by atoms with Gasteiger partial charge in [-0.05, 0) is 42.8 Å². The molecule has 0 saturated heterocycles. The second kappa shape index (κ2) is 8.40. The molecule has 0 spiro atoms. The topological polar surface area (TPSA) is 103 Å². The van der Waals surface area contributed by atoms with Crippen molar-refractivity contribution in [1.82, 2.24) is 24.4 Å². The predicted octanol–water partition coefficient (Wildman–Crippen LogP) is 4.26. The van der Waals surface area contributed by atoms with E-state index in [9.17, 15) is 4.79 Å². The first-order valence-electron chi connectivity index (χ1n) is 10.6. The van der Waals surface area contributed by atoms with Crippen molar-refractivity contribution in [3.05, 3.63) is 90.1 Å². The number of nitrogens with zero attached hydrogens (tertiary/aromatic N) is 5. The molecule has 1 atom stereocenters. The van der Waals surface area contributed by atoms with Gasteiger partial charge in [0.2, 0.25) is 5.91 Å². The highest BCUT2D eigenvalue weighted by Crippen LogP contribution is 2.29. The maximum Gasteiger partial charge on any atom is 0.248 e. The van der Waals surface area contributed by atoms with Gasteiger partial charge in [-0.1, -0.05) is 35.9 Å². The number of hydrogen-bond donors (Lipinski definition) is 2. The number of fused-ring (bicyclic) bond motifs is 1. The van der Waals surface area contributed by atoms with E-state index in [0.717, 1.165) is 27.9 Å². The smallest absolute Gasteiger partial charge is 0.248 e. The number of carbonyl (C=O) groups excluding carboxylic acids is 1. The number of benzene rings is 2. The zero-order valence-corrected chi connectivity index (χ0v) is 19.4. The van der Waals surface area contributed by atoms with Crippen LogP contribution in [0.1, 0.15) is 12.5 Å². The summed E-state index contributed by atoms with van der Waals surface area (Å²) in [7, 11) is 1.88. The van der Waals surface area contributed by atoms with Gasteiger partial charge in [-0.3, -0.25) is 9.48 Å². The lowest BCUT2D eigenvalue weighted by atomic mass is 9.92. The number of anilines is 1. The van der Waals surface area contributed by atoms with Crippen LogP contribution in [0.2, 0.25) is 5.02 Å². The molecule has 170 valence electrons. The third kappa shape index (κ3) is 4.05. The van der Waals surface area contributed by atoms with Crippen molar-refractivity contribution in [1.29, 1.82) is 0 Å². The predicted molar refractivity (Wildman–Crippen MR) is 132 cm³/mol. The number of nitrogens with one attached hydrogen (secondary N) is 1. The highest BCUT2D eigenvalue weighted by molar-refractivity contribution is 6.30. The Labute approximate surface area is 201 Å². The average molecular weight is 472 g/mol. The standard InChI is InChI=1S/C25H22ClN7O/c1-25(27,19-5-7-20(26)8-6-19)24(34)31-21-9-3-16(4-10-21)23-22-11-17(14-33(22)30-15-28-23)18-12-29-32(2)13-18/h3-15H,27H2,1-2H3,(H,31,34)/t25-/m0/s1. The summed E-state index contributed by atoms with van der Waals surface area (Å²) in [4.78, 5) is 17.4. The van der Waals surface area contributed by atoms with Gasteiger partial charge in [0.1, 0.15) is 11.9 Å². The first kappa shape index (κ1) is 21.8. The van der Waals surface area contributed by atoms with E-state index in [1.807, 2.05) is 56.0 Å². The van der Waals surface area contributed by atoms with Crippen LogP contribution >= 0.6 is 11.6 Å². The molecule has 5 aromatic rings. The molecule has 3 aromatic heterocycles. The molecule has 0 saturated carbocycles. The molecule has 0 unspecified atom stereocenters. The van der Waals surface area contributed by atoms with Crippen molar-refractivity contribution in [2.24, 2.45) is 12.8 Å². The molecule has 5 rings (SSSR count). The lowest BCUT2D eigenvalue weighted by molar-refractivity contribution is -0.120. The average Bonchev–Trinajstić information content (AvgIpc) is 3.46. The molecule has 3 heterocycles. The van der Waals surface area contributed by atoms with Crippen molar-refractivity contribution in [3.8, 4) is 22.4 Å². The van der Waals surface area contributed by atoms with E-state index in [2.05, 4.69) is 20.5 Å². The van der Waals surface area contributed by atoms with Crippen LogP contribution in [0.4, 0.5) is 5.69 Å². The fraction of sp³-hybridized carbons (Fsp3) is 0.120. The van der Waals surface area contributed by atoms with E-state index < -0.39 is 5.54 Å². The molecule has 0 aliphatic rings. The summed E-state index contributed by atoms with van der Waals surface area (Å²) in [6.45, 7) is 1.67. The molecule has 1 amide bonds. The maximum absolute atomic E-state index is 12.9. The Morgan fingerprint density at radius 3 is 2.41 bits per heavy atom. The molecule has 0 bridgehead atoms. The zero-order valence-electron chi connectivity index (χ0n) is 18.6. The van der Waals surface area contributed by atoms with Crippen LogP contribution in [0.3, 0.4) is 0 Å². The molecule has 0 aliphatic carbocycles. The minimum Gasteiger partial charge on any atom is -0.324 e. The highest BCUT2D eigenvalue weighted by atomic mass is 35.5. The number of hydrogen-bond acceptors (Lipinski definition) is 5. The van der Waals surface area contributed by atoms with Crippen molar-refractivity contribution >= 4 is 28.7 Å². The van der Waals surface area contributed by atoms with Crippen molar-refractivity contribution < 1.29 is 4.79 Å². The number of carbonyl (C=O) groups is 1. The lowest BCUT2D eigenvalue weighted by Gasteiger charge is -2.24. The summed E-state index contributed by atoms with van der Waals surface area (Å²) in [6.07, 6.45) is 7.24. The Morgan fingerprint density at radius 1 is 1.00 bits per heavy atom. The largest absolute Gasteiger partial charge is 0.324 e. The monoisotopic (exact) mass is 471 g/mol. The van der Waals surface area contributed by atoms with Gasteiger partial charge in [-0.2, -0.15) is 10.2 Å². The Morgan fingerprint density at radius 2 is 1.74 bits per heavy atom. The number of amides is 1. The van der Waals surface area contributed by atoms with Gasteiger partial charge in [0.15, 0.2) is 0 Å². The fourth-order valence-corrected chi connectivity index (χ4v) is 3.91. The molecule has 34 heavy (non-hydrogen) atoms. The van der Waals surface area contributed by atoms with Crippen molar-refractivity contribution in [3.63, 3.8) is 0 Å². The summed E-state index contributed by atoms with van der Waals surface area (Å²) in [5, 5.41) is 12.1. The highest BCUT2D eigenvalue weighted by Gasteiger charge is 2.30. The van der Waals surface area contributed by atoms with Gasteiger partial charge in [0, 0.05) is 46.8 Å². The number of aryl methyl sites for hydroxylation is 1. The third-order valence-electron chi connectivity index (χ3n) is 5.78. The summed E-state index contributed by atoms with van der Waals surface area (Å²) >= 11 is 5.95. The molecule has 0 radical (unpaired) electrons. The van der Waals surface area contributed by atoms with Gasteiger partial charge in [0.05, 0.1) is 17.4 Å². The normalized spacial score (nSPS) is 13.1.